The second-order valence-corrected chi connectivity index (χ2v) is 3.88. The van der Waals surface area contributed by atoms with Crippen LogP contribution in [0.3, 0.4) is 0 Å². The molecule has 1 N–H and O–H groups in total. The lowest BCUT2D eigenvalue weighted by atomic mass is 10.0. The minimum Gasteiger partial charge on any atom is -0.496 e. The number of benzene rings is 1. The minimum absolute atomic E-state index is 0.0544. The first-order chi connectivity index (χ1) is 7.31. The lowest BCUT2D eigenvalue weighted by Crippen LogP contribution is -2.30. The van der Waals surface area contributed by atoms with Gasteiger partial charge in [-0.25, -0.2) is 4.39 Å². The second-order valence-electron chi connectivity index (χ2n) is 3.88. The van der Waals surface area contributed by atoms with Crippen LogP contribution in [-0.2, 0) is 6.42 Å². The molecule has 1 heterocycles. The van der Waals surface area contributed by atoms with Gasteiger partial charge in [0.25, 0.3) is 0 Å². The molecule has 0 saturated carbocycles. The fraction of sp³-hybridized carbons (Fsp3) is 0.500. The molecule has 1 aliphatic heterocycles. The maximum Gasteiger partial charge on any atom is 0.122 e. The van der Waals surface area contributed by atoms with Crippen LogP contribution in [-0.4, -0.2) is 25.9 Å². The molecule has 0 radical (unpaired) electrons. The maximum absolute atomic E-state index is 13.4. The van der Waals surface area contributed by atoms with Gasteiger partial charge in [0, 0.05) is 6.04 Å². The van der Waals surface area contributed by atoms with E-state index in [0.717, 1.165) is 17.9 Å². The molecule has 2 nitrogen and oxygen atoms in total. The highest BCUT2D eigenvalue weighted by atomic mass is 19.1. The number of rotatable bonds is 3. The molecule has 2 rings (SSSR count). The lowest BCUT2D eigenvalue weighted by molar-refractivity contribution is 0.297. The first kappa shape index (κ1) is 10.4. The molecule has 1 saturated heterocycles. The largest absolute Gasteiger partial charge is 0.496 e. The SMILES string of the molecule is COc1ccccc1C[C@@H]1NCC[C@@H]1F. The number of nitrogens with one attached hydrogen (secondary N) is 1. The molecular formula is C12H16FNO. The van der Waals surface area contributed by atoms with Crippen LogP contribution in [0.1, 0.15) is 12.0 Å². The molecule has 2 atom stereocenters. The Morgan fingerprint density at radius 3 is 2.93 bits per heavy atom. The van der Waals surface area contributed by atoms with Crippen molar-refractivity contribution < 1.29 is 9.13 Å². The molecule has 1 aromatic carbocycles. The van der Waals surface area contributed by atoms with E-state index >= 15 is 0 Å². The zero-order chi connectivity index (χ0) is 10.7. The second kappa shape index (κ2) is 4.62. The molecule has 0 aromatic heterocycles. The van der Waals surface area contributed by atoms with Gasteiger partial charge in [-0.15, -0.1) is 0 Å². The van der Waals surface area contributed by atoms with Gasteiger partial charge in [-0.05, 0) is 31.0 Å². The summed E-state index contributed by atoms with van der Waals surface area (Å²) in [6.07, 6.45) is 0.597. The molecule has 1 aromatic rings. The highest BCUT2D eigenvalue weighted by Crippen LogP contribution is 2.22. The Bertz CT molecular complexity index is 329. The third-order valence-electron chi connectivity index (χ3n) is 2.90. The summed E-state index contributed by atoms with van der Waals surface area (Å²) in [6.45, 7) is 0.779. The third-order valence-corrected chi connectivity index (χ3v) is 2.90. The number of para-hydroxylation sites is 1. The summed E-state index contributed by atoms with van der Waals surface area (Å²) in [5, 5.41) is 3.18. The number of ether oxygens (including phenoxy) is 1. The van der Waals surface area contributed by atoms with E-state index in [4.69, 9.17) is 4.74 Å². The van der Waals surface area contributed by atoms with Gasteiger partial charge in [-0.1, -0.05) is 18.2 Å². The van der Waals surface area contributed by atoms with E-state index < -0.39 is 6.17 Å². The minimum atomic E-state index is -0.727. The Balaban J connectivity index is 2.09. The summed E-state index contributed by atoms with van der Waals surface area (Å²) in [5.41, 5.74) is 1.07. The Morgan fingerprint density at radius 1 is 1.47 bits per heavy atom. The number of hydrogen-bond donors (Lipinski definition) is 1. The Kier molecular flexibility index (Phi) is 3.21. The van der Waals surface area contributed by atoms with E-state index in [1.807, 2.05) is 24.3 Å². The summed E-state index contributed by atoms with van der Waals surface area (Å²) in [7, 11) is 1.65. The monoisotopic (exact) mass is 209 g/mol. The van der Waals surface area contributed by atoms with Crippen LogP contribution >= 0.6 is 0 Å². The lowest BCUT2D eigenvalue weighted by Gasteiger charge is -2.15. The molecule has 15 heavy (non-hydrogen) atoms. The van der Waals surface area contributed by atoms with Crippen LogP contribution in [0, 0.1) is 0 Å². The molecule has 82 valence electrons. The zero-order valence-electron chi connectivity index (χ0n) is 8.87. The van der Waals surface area contributed by atoms with Gasteiger partial charge < -0.3 is 10.1 Å². The van der Waals surface area contributed by atoms with E-state index in [9.17, 15) is 4.39 Å². The van der Waals surface area contributed by atoms with Crippen molar-refractivity contribution in [3.8, 4) is 5.75 Å². The van der Waals surface area contributed by atoms with Crippen molar-refractivity contribution in [2.45, 2.75) is 25.1 Å². The van der Waals surface area contributed by atoms with Gasteiger partial charge in [0.15, 0.2) is 0 Å². The molecule has 3 heteroatoms. The number of alkyl halides is 1. The average molecular weight is 209 g/mol. The summed E-state index contributed by atoms with van der Waals surface area (Å²) in [4.78, 5) is 0. The number of hydrogen-bond acceptors (Lipinski definition) is 2. The van der Waals surface area contributed by atoms with Crippen molar-refractivity contribution in [2.75, 3.05) is 13.7 Å². The topological polar surface area (TPSA) is 21.3 Å². The normalized spacial score (nSPS) is 25.5. The Labute approximate surface area is 89.4 Å². The van der Waals surface area contributed by atoms with E-state index in [1.54, 1.807) is 7.11 Å². The van der Waals surface area contributed by atoms with Gasteiger partial charge in [0.2, 0.25) is 0 Å². The fourth-order valence-electron chi connectivity index (χ4n) is 2.04. The standard InChI is InChI=1S/C12H16FNO/c1-15-12-5-3-2-4-9(12)8-11-10(13)6-7-14-11/h2-5,10-11,14H,6-8H2,1H3/t10-,11-/m0/s1. The molecular weight excluding hydrogens is 193 g/mol. The predicted octanol–water partition coefficient (Wildman–Crippen LogP) is 1.94. The molecule has 1 aliphatic rings. The van der Waals surface area contributed by atoms with Crippen molar-refractivity contribution in [3.63, 3.8) is 0 Å². The molecule has 0 aliphatic carbocycles. The van der Waals surface area contributed by atoms with Crippen molar-refractivity contribution in [1.29, 1.82) is 0 Å². The zero-order valence-corrected chi connectivity index (χ0v) is 8.87. The van der Waals surface area contributed by atoms with Crippen LogP contribution in [0.2, 0.25) is 0 Å². The Morgan fingerprint density at radius 2 is 2.27 bits per heavy atom. The van der Waals surface area contributed by atoms with Crippen molar-refractivity contribution in [1.82, 2.24) is 5.32 Å². The van der Waals surface area contributed by atoms with Gasteiger partial charge in [-0.3, -0.25) is 0 Å². The average Bonchev–Trinajstić information content (AvgIpc) is 2.65. The first-order valence-electron chi connectivity index (χ1n) is 5.30. The fourth-order valence-corrected chi connectivity index (χ4v) is 2.04. The van der Waals surface area contributed by atoms with Crippen molar-refractivity contribution >= 4 is 0 Å². The van der Waals surface area contributed by atoms with E-state index in [0.29, 0.717) is 12.8 Å². The maximum atomic E-state index is 13.4. The predicted molar refractivity (Wildman–Crippen MR) is 58.0 cm³/mol. The van der Waals surface area contributed by atoms with Gasteiger partial charge >= 0.3 is 0 Å². The third kappa shape index (κ3) is 2.29. The summed E-state index contributed by atoms with van der Waals surface area (Å²) >= 11 is 0. The molecule has 0 amide bonds. The van der Waals surface area contributed by atoms with E-state index in [2.05, 4.69) is 5.32 Å². The van der Waals surface area contributed by atoms with Gasteiger partial charge in [-0.2, -0.15) is 0 Å². The molecule has 0 bridgehead atoms. The van der Waals surface area contributed by atoms with E-state index in [1.165, 1.54) is 0 Å². The van der Waals surface area contributed by atoms with Crippen LogP contribution in [0.25, 0.3) is 0 Å². The Hall–Kier alpha value is -1.09. The highest BCUT2D eigenvalue weighted by molar-refractivity contribution is 5.34. The summed E-state index contributed by atoms with van der Waals surface area (Å²) < 4.78 is 18.6. The quantitative estimate of drug-likeness (QED) is 0.821. The summed E-state index contributed by atoms with van der Waals surface area (Å²) in [5.74, 6) is 0.846. The van der Waals surface area contributed by atoms with Crippen LogP contribution in [0.5, 0.6) is 5.75 Å². The van der Waals surface area contributed by atoms with Crippen molar-refractivity contribution in [3.05, 3.63) is 29.8 Å². The number of methoxy groups -OCH3 is 1. The van der Waals surface area contributed by atoms with E-state index in [-0.39, 0.29) is 6.04 Å². The van der Waals surface area contributed by atoms with Gasteiger partial charge in [0.05, 0.1) is 7.11 Å². The van der Waals surface area contributed by atoms with Crippen LogP contribution in [0.4, 0.5) is 4.39 Å². The van der Waals surface area contributed by atoms with Crippen molar-refractivity contribution in [2.24, 2.45) is 0 Å². The van der Waals surface area contributed by atoms with Crippen LogP contribution < -0.4 is 10.1 Å². The highest BCUT2D eigenvalue weighted by Gasteiger charge is 2.26. The summed E-state index contributed by atoms with van der Waals surface area (Å²) in [6, 6.07) is 7.74. The first-order valence-corrected chi connectivity index (χ1v) is 5.30. The molecule has 0 unspecified atom stereocenters. The van der Waals surface area contributed by atoms with Crippen LogP contribution in [0.15, 0.2) is 24.3 Å². The van der Waals surface area contributed by atoms with Gasteiger partial charge in [0.1, 0.15) is 11.9 Å². The molecule has 1 fully saturated rings. The molecule has 0 spiro atoms. The number of halogens is 1. The smallest absolute Gasteiger partial charge is 0.122 e.